The van der Waals surface area contributed by atoms with Gasteiger partial charge in [-0.3, -0.25) is 14.4 Å². The van der Waals surface area contributed by atoms with Crippen LogP contribution in [0.25, 0.3) is 33.5 Å². The molecule has 1 saturated heterocycles. The van der Waals surface area contributed by atoms with Crippen molar-refractivity contribution in [1.29, 1.82) is 0 Å². The Hall–Kier alpha value is -4.28. The number of alkyl halides is 2. The van der Waals surface area contributed by atoms with Crippen LogP contribution in [-0.4, -0.2) is 61.8 Å². The van der Waals surface area contributed by atoms with Crippen molar-refractivity contribution in [3.63, 3.8) is 0 Å². The highest BCUT2D eigenvalue weighted by molar-refractivity contribution is 5.98. The Kier molecular flexibility index (Phi) is 6.61. The number of benzene rings is 2. The molecule has 5 rings (SSSR count). The second kappa shape index (κ2) is 9.79. The molecule has 0 radical (unpaired) electrons. The molecule has 0 bridgehead atoms. The van der Waals surface area contributed by atoms with Gasteiger partial charge in [0.1, 0.15) is 0 Å². The fraction of sp³-hybridized carbons (Fsp3) is 0.357. The highest BCUT2D eigenvalue weighted by atomic mass is 19.3. The van der Waals surface area contributed by atoms with Crippen LogP contribution in [0.15, 0.2) is 48.5 Å². The molecule has 1 aliphatic heterocycles. The number of imidazole rings is 1. The minimum absolute atomic E-state index is 0.115. The van der Waals surface area contributed by atoms with Crippen molar-refractivity contribution in [1.82, 2.24) is 24.3 Å². The number of likely N-dealkylation sites (tertiary alicyclic amines) is 1. The van der Waals surface area contributed by atoms with Crippen LogP contribution in [-0.2, 0) is 23.2 Å². The number of aryl methyl sites for hydroxylation is 2. The maximum Gasteiger partial charge on any atom is 0.321 e. The van der Waals surface area contributed by atoms with E-state index in [0.717, 1.165) is 34.5 Å². The molecule has 9 nitrogen and oxygen atoms in total. The van der Waals surface area contributed by atoms with Gasteiger partial charge in [0.25, 0.3) is 11.8 Å². The SMILES string of the molecule is CCn1c(-c2nc3cc(C(=O)N4CC[C@@H](C(N)=O)C(NC(=O)C(C)(F)F)C4)ccc3n2C)cc2ccccc21. The van der Waals surface area contributed by atoms with E-state index in [2.05, 4.69) is 35.0 Å². The summed E-state index contributed by atoms with van der Waals surface area (Å²) in [5, 5.41) is 3.32. The highest BCUT2D eigenvalue weighted by Gasteiger charge is 2.40. The van der Waals surface area contributed by atoms with Crippen LogP contribution >= 0.6 is 0 Å². The first-order chi connectivity index (χ1) is 18.5. The minimum Gasteiger partial charge on any atom is -0.369 e. The number of piperidine rings is 1. The zero-order valence-corrected chi connectivity index (χ0v) is 21.9. The number of rotatable bonds is 6. The van der Waals surface area contributed by atoms with Gasteiger partial charge < -0.3 is 25.1 Å². The molecule has 1 fully saturated rings. The number of carbonyl (C=O) groups excluding carboxylic acids is 3. The van der Waals surface area contributed by atoms with E-state index in [0.29, 0.717) is 18.0 Å². The molecule has 39 heavy (non-hydrogen) atoms. The van der Waals surface area contributed by atoms with Gasteiger partial charge in [0, 0.05) is 50.1 Å². The third-order valence-corrected chi connectivity index (χ3v) is 7.46. The summed E-state index contributed by atoms with van der Waals surface area (Å²) in [5.74, 6) is -6.29. The monoisotopic (exact) mass is 536 g/mol. The van der Waals surface area contributed by atoms with Crippen molar-refractivity contribution in [3.05, 3.63) is 54.1 Å². The quantitative estimate of drug-likeness (QED) is 0.393. The number of aromatic nitrogens is 3. The summed E-state index contributed by atoms with van der Waals surface area (Å²) >= 11 is 0. The lowest BCUT2D eigenvalue weighted by Gasteiger charge is -2.38. The summed E-state index contributed by atoms with van der Waals surface area (Å²) < 4.78 is 31.2. The van der Waals surface area contributed by atoms with Crippen molar-refractivity contribution < 1.29 is 23.2 Å². The summed E-state index contributed by atoms with van der Waals surface area (Å²) in [6.07, 6.45) is 0.152. The van der Waals surface area contributed by atoms with E-state index < -0.39 is 29.7 Å². The van der Waals surface area contributed by atoms with Gasteiger partial charge in [-0.15, -0.1) is 0 Å². The van der Waals surface area contributed by atoms with Gasteiger partial charge in [0.15, 0.2) is 5.82 Å². The standard InChI is InChI=1S/C28H30F2N6O3/c1-4-36-21-8-6-5-7-16(21)14-23(36)25-32-19-13-17(9-10-22(19)34(25)3)26(38)35-12-11-18(24(31)37)20(15-35)33-27(39)28(2,29)30/h5-10,13-14,18,20H,4,11-12,15H2,1-3H3,(H2,31,37)(H,33,39)/t18-,20?/m1/s1. The van der Waals surface area contributed by atoms with E-state index in [9.17, 15) is 23.2 Å². The molecule has 0 saturated carbocycles. The topological polar surface area (TPSA) is 115 Å². The molecule has 204 valence electrons. The third-order valence-electron chi connectivity index (χ3n) is 7.46. The molecule has 2 aromatic carbocycles. The van der Waals surface area contributed by atoms with E-state index >= 15 is 0 Å². The number of para-hydroxylation sites is 1. The van der Waals surface area contributed by atoms with Crippen LogP contribution < -0.4 is 11.1 Å². The van der Waals surface area contributed by atoms with Crippen molar-refractivity contribution in [2.24, 2.45) is 18.7 Å². The summed E-state index contributed by atoms with van der Waals surface area (Å²) in [5.41, 5.74) is 9.37. The summed E-state index contributed by atoms with van der Waals surface area (Å²) in [6, 6.07) is 14.4. The number of halogens is 2. The Morgan fingerprint density at radius 2 is 1.87 bits per heavy atom. The zero-order valence-electron chi connectivity index (χ0n) is 21.9. The molecule has 2 aromatic heterocycles. The smallest absolute Gasteiger partial charge is 0.321 e. The predicted octanol–water partition coefficient (Wildman–Crippen LogP) is 3.30. The first-order valence-corrected chi connectivity index (χ1v) is 12.8. The number of nitrogens with zero attached hydrogens (tertiary/aromatic N) is 4. The number of hydrogen-bond donors (Lipinski definition) is 2. The summed E-state index contributed by atoms with van der Waals surface area (Å²) in [7, 11) is 1.93. The molecule has 4 aromatic rings. The molecule has 3 N–H and O–H groups in total. The number of amides is 3. The fourth-order valence-electron chi connectivity index (χ4n) is 5.40. The van der Waals surface area contributed by atoms with Crippen LogP contribution in [0, 0.1) is 5.92 Å². The van der Waals surface area contributed by atoms with Crippen LogP contribution in [0.5, 0.6) is 0 Å². The van der Waals surface area contributed by atoms with Crippen molar-refractivity contribution in [2.45, 2.75) is 38.8 Å². The van der Waals surface area contributed by atoms with Gasteiger partial charge in [-0.1, -0.05) is 18.2 Å². The summed E-state index contributed by atoms with van der Waals surface area (Å²) in [6.45, 7) is 3.40. The van der Waals surface area contributed by atoms with E-state index in [-0.39, 0.29) is 25.4 Å². The average Bonchev–Trinajstić information content (AvgIpc) is 3.44. The number of hydrogen-bond acceptors (Lipinski definition) is 4. The van der Waals surface area contributed by atoms with Crippen molar-refractivity contribution in [2.75, 3.05) is 13.1 Å². The first kappa shape index (κ1) is 26.3. The maximum absolute atomic E-state index is 13.5. The van der Waals surface area contributed by atoms with Crippen LogP contribution in [0.4, 0.5) is 8.78 Å². The molecule has 1 aliphatic rings. The molecule has 1 unspecified atom stereocenters. The van der Waals surface area contributed by atoms with Crippen molar-refractivity contribution in [3.8, 4) is 11.5 Å². The highest BCUT2D eigenvalue weighted by Crippen LogP contribution is 2.30. The molecule has 2 atom stereocenters. The predicted molar refractivity (Wildman–Crippen MR) is 143 cm³/mol. The van der Waals surface area contributed by atoms with Gasteiger partial charge in [0.05, 0.1) is 28.7 Å². The number of nitrogens with one attached hydrogen (secondary N) is 1. The average molecular weight is 537 g/mol. The fourth-order valence-corrected chi connectivity index (χ4v) is 5.40. The van der Waals surface area contributed by atoms with Crippen molar-refractivity contribution >= 4 is 39.7 Å². The number of carbonyl (C=O) groups is 3. The lowest BCUT2D eigenvalue weighted by molar-refractivity contribution is -0.145. The number of nitrogens with two attached hydrogens (primary N) is 1. The van der Waals surface area contributed by atoms with Crippen LogP contribution in [0.3, 0.4) is 0 Å². The second-order valence-electron chi connectivity index (χ2n) is 10.0. The lowest BCUT2D eigenvalue weighted by atomic mass is 9.90. The van der Waals surface area contributed by atoms with Gasteiger partial charge in [-0.25, -0.2) is 4.98 Å². The Labute approximate surface area is 223 Å². The van der Waals surface area contributed by atoms with Crippen LogP contribution in [0.2, 0.25) is 0 Å². The molecule has 0 spiro atoms. The van der Waals surface area contributed by atoms with E-state index in [4.69, 9.17) is 10.7 Å². The zero-order chi connectivity index (χ0) is 28.1. The van der Waals surface area contributed by atoms with Gasteiger partial charge in [-0.2, -0.15) is 8.78 Å². The molecular weight excluding hydrogens is 506 g/mol. The molecule has 3 heterocycles. The Morgan fingerprint density at radius 1 is 1.13 bits per heavy atom. The van der Waals surface area contributed by atoms with Crippen LogP contribution in [0.1, 0.15) is 30.6 Å². The van der Waals surface area contributed by atoms with E-state index in [1.807, 2.05) is 29.8 Å². The second-order valence-corrected chi connectivity index (χ2v) is 10.0. The molecule has 11 heteroatoms. The third kappa shape index (κ3) is 4.73. The molecule has 3 amide bonds. The minimum atomic E-state index is -3.63. The molecule has 0 aliphatic carbocycles. The Balaban J connectivity index is 1.44. The van der Waals surface area contributed by atoms with Gasteiger partial charge in [-0.05, 0) is 43.7 Å². The van der Waals surface area contributed by atoms with E-state index in [1.54, 1.807) is 12.1 Å². The molecular formula is C28H30F2N6O3. The normalized spacial score (nSPS) is 18.0. The largest absolute Gasteiger partial charge is 0.369 e. The maximum atomic E-state index is 13.5. The Morgan fingerprint density at radius 3 is 2.56 bits per heavy atom. The number of fused-ring (bicyclic) bond motifs is 2. The lowest BCUT2D eigenvalue weighted by Crippen LogP contribution is -2.58. The first-order valence-electron chi connectivity index (χ1n) is 12.8. The summed E-state index contributed by atoms with van der Waals surface area (Å²) in [4.78, 5) is 43.6. The van der Waals surface area contributed by atoms with Gasteiger partial charge >= 0.3 is 5.92 Å². The van der Waals surface area contributed by atoms with Gasteiger partial charge in [0.2, 0.25) is 5.91 Å². The Bertz CT molecular complexity index is 1600. The van der Waals surface area contributed by atoms with E-state index in [1.165, 1.54) is 4.90 Å². The number of primary amides is 1.